The molecule has 0 aliphatic carbocycles. The Morgan fingerprint density at radius 2 is 2.00 bits per heavy atom. The zero-order valence-electron chi connectivity index (χ0n) is 12.2. The van der Waals surface area contributed by atoms with Gasteiger partial charge in [-0.05, 0) is 17.7 Å². The molecule has 1 aliphatic rings. The summed E-state index contributed by atoms with van der Waals surface area (Å²) in [5, 5.41) is 0. The van der Waals surface area contributed by atoms with Crippen LogP contribution in [0.4, 0.5) is 11.4 Å². The summed E-state index contributed by atoms with van der Waals surface area (Å²) in [6, 6.07) is 15.2. The molecular formula is C18H18N2O2. The number of nitrogens with two attached hydrogens (primary N) is 1. The number of fused-ring (bicyclic) bond motifs is 1. The van der Waals surface area contributed by atoms with Crippen LogP contribution in [0.3, 0.4) is 0 Å². The lowest BCUT2D eigenvalue weighted by atomic mass is 10.0. The molecule has 4 heteroatoms. The highest BCUT2D eigenvalue weighted by molar-refractivity contribution is 6.00. The highest BCUT2D eigenvalue weighted by Gasteiger charge is 2.33. The number of hydrogen-bond donors (Lipinski definition) is 1. The van der Waals surface area contributed by atoms with Gasteiger partial charge in [0.05, 0.1) is 5.69 Å². The summed E-state index contributed by atoms with van der Waals surface area (Å²) in [4.78, 5) is 14.4. The van der Waals surface area contributed by atoms with E-state index in [-0.39, 0.29) is 5.91 Å². The number of rotatable bonds is 4. The van der Waals surface area contributed by atoms with Crippen LogP contribution in [0.2, 0.25) is 0 Å². The molecule has 0 bridgehead atoms. The summed E-state index contributed by atoms with van der Waals surface area (Å²) in [6.45, 7) is 4.18. The Kier molecular flexibility index (Phi) is 3.83. The highest BCUT2D eigenvalue weighted by atomic mass is 16.5. The second-order valence-electron chi connectivity index (χ2n) is 5.26. The molecule has 0 saturated heterocycles. The monoisotopic (exact) mass is 294 g/mol. The summed E-state index contributed by atoms with van der Waals surface area (Å²) in [7, 11) is 0. The fourth-order valence-electron chi connectivity index (χ4n) is 2.62. The van der Waals surface area contributed by atoms with E-state index in [4.69, 9.17) is 10.5 Å². The van der Waals surface area contributed by atoms with E-state index in [0.29, 0.717) is 24.4 Å². The highest BCUT2D eigenvalue weighted by Crippen LogP contribution is 2.36. The average molecular weight is 294 g/mol. The van der Waals surface area contributed by atoms with E-state index in [1.165, 1.54) is 0 Å². The standard InChI is InChI=1S/C18H18N2O2/c1-2-10-20-15-9-8-14(19)12-16(15)22-17(18(20)21)11-13-6-4-3-5-7-13/h2-9,12,17H,1,10-11,19H2. The van der Waals surface area contributed by atoms with Crippen molar-refractivity contribution in [1.29, 1.82) is 0 Å². The lowest BCUT2D eigenvalue weighted by molar-refractivity contribution is -0.126. The van der Waals surface area contributed by atoms with Crippen molar-refractivity contribution in [3.63, 3.8) is 0 Å². The molecule has 0 spiro atoms. The zero-order chi connectivity index (χ0) is 15.5. The molecule has 22 heavy (non-hydrogen) atoms. The van der Waals surface area contributed by atoms with Crippen LogP contribution >= 0.6 is 0 Å². The second-order valence-corrected chi connectivity index (χ2v) is 5.26. The minimum Gasteiger partial charge on any atom is -0.478 e. The minimum absolute atomic E-state index is 0.0546. The van der Waals surface area contributed by atoms with Crippen molar-refractivity contribution in [2.75, 3.05) is 17.2 Å². The van der Waals surface area contributed by atoms with Gasteiger partial charge in [0.2, 0.25) is 0 Å². The number of carbonyl (C=O) groups excluding carboxylic acids is 1. The summed E-state index contributed by atoms with van der Waals surface area (Å²) in [6.07, 6.45) is 1.70. The van der Waals surface area contributed by atoms with Crippen molar-refractivity contribution < 1.29 is 9.53 Å². The molecule has 1 amide bonds. The Hall–Kier alpha value is -2.75. The SMILES string of the molecule is C=CCN1C(=O)C(Cc2ccccc2)Oc2cc(N)ccc21. The molecule has 1 unspecified atom stereocenters. The maximum absolute atomic E-state index is 12.7. The van der Waals surface area contributed by atoms with Crippen LogP contribution < -0.4 is 15.4 Å². The van der Waals surface area contributed by atoms with Gasteiger partial charge >= 0.3 is 0 Å². The van der Waals surface area contributed by atoms with Gasteiger partial charge in [0, 0.05) is 24.7 Å². The summed E-state index contributed by atoms with van der Waals surface area (Å²) >= 11 is 0. The lowest BCUT2D eigenvalue weighted by Gasteiger charge is -2.34. The molecule has 1 heterocycles. The number of nitrogen functional groups attached to an aromatic ring is 1. The van der Waals surface area contributed by atoms with E-state index in [9.17, 15) is 4.79 Å². The molecule has 112 valence electrons. The van der Waals surface area contributed by atoms with Gasteiger partial charge in [0.25, 0.3) is 5.91 Å². The van der Waals surface area contributed by atoms with Crippen LogP contribution in [0, 0.1) is 0 Å². The van der Waals surface area contributed by atoms with E-state index < -0.39 is 6.10 Å². The van der Waals surface area contributed by atoms with Crippen LogP contribution in [0.1, 0.15) is 5.56 Å². The zero-order valence-corrected chi connectivity index (χ0v) is 12.2. The Bertz CT molecular complexity index is 697. The third kappa shape index (κ3) is 2.68. The predicted molar refractivity (Wildman–Crippen MR) is 88.0 cm³/mol. The molecule has 1 atom stereocenters. The first-order valence-electron chi connectivity index (χ1n) is 7.21. The Balaban J connectivity index is 1.93. The normalized spacial score (nSPS) is 16.8. The number of anilines is 2. The third-order valence-electron chi connectivity index (χ3n) is 3.66. The quantitative estimate of drug-likeness (QED) is 0.697. The molecule has 4 nitrogen and oxygen atoms in total. The minimum atomic E-state index is -0.545. The van der Waals surface area contributed by atoms with Gasteiger partial charge in [0.1, 0.15) is 5.75 Å². The van der Waals surface area contributed by atoms with Crippen LogP contribution in [0.5, 0.6) is 5.75 Å². The van der Waals surface area contributed by atoms with E-state index in [1.807, 2.05) is 36.4 Å². The molecule has 3 rings (SSSR count). The number of amides is 1. The molecular weight excluding hydrogens is 276 g/mol. The fourth-order valence-corrected chi connectivity index (χ4v) is 2.62. The maximum atomic E-state index is 12.7. The summed E-state index contributed by atoms with van der Waals surface area (Å²) in [5.41, 5.74) is 8.25. The molecule has 2 N–H and O–H groups in total. The Morgan fingerprint density at radius 3 is 2.73 bits per heavy atom. The molecule has 0 saturated carbocycles. The van der Waals surface area contributed by atoms with Crippen molar-refractivity contribution in [2.45, 2.75) is 12.5 Å². The van der Waals surface area contributed by atoms with Crippen LogP contribution in [-0.2, 0) is 11.2 Å². The van der Waals surface area contributed by atoms with Gasteiger partial charge in [0.15, 0.2) is 6.10 Å². The average Bonchev–Trinajstić information content (AvgIpc) is 2.52. The summed E-state index contributed by atoms with van der Waals surface area (Å²) < 4.78 is 5.90. The predicted octanol–water partition coefficient (Wildman–Crippen LogP) is 2.79. The van der Waals surface area contributed by atoms with Crippen LogP contribution in [0.25, 0.3) is 0 Å². The smallest absolute Gasteiger partial charge is 0.268 e. The number of benzene rings is 2. The van der Waals surface area contributed by atoms with E-state index in [1.54, 1.807) is 23.1 Å². The fraction of sp³-hybridized carbons (Fsp3) is 0.167. The van der Waals surface area contributed by atoms with Crippen molar-refractivity contribution in [1.82, 2.24) is 0 Å². The third-order valence-corrected chi connectivity index (χ3v) is 3.66. The van der Waals surface area contributed by atoms with Gasteiger partial charge in [-0.2, -0.15) is 0 Å². The summed E-state index contributed by atoms with van der Waals surface area (Å²) in [5.74, 6) is 0.586. The van der Waals surface area contributed by atoms with E-state index in [2.05, 4.69) is 6.58 Å². The lowest BCUT2D eigenvalue weighted by Crippen LogP contribution is -2.47. The number of carbonyl (C=O) groups is 1. The Labute approximate surface area is 129 Å². The molecule has 2 aromatic carbocycles. The maximum Gasteiger partial charge on any atom is 0.268 e. The Morgan fingerprint density at radius 1 is 1.23 bits per heavy atom. The molecule has 0 radical (unpaired) electrons. The van der Waals surface area contributed by atoms with E-state index >= 15 is 0 Å². The van der Waals surface area contributed by atoms with Gasteiger partial charge in [-0.25, -0.2) is 0 Å². The second kappa shape index (κ2) is 5.93. The number of ether oxygens (including phenoxy) is 1. The van der Waals surface area contributed by atoms with E-state index in [0.717, 1.165) is 11.3 Å². The van der Waals surface area contributed by atoms with Crippen LogP contribution in [-0.4, -0.2) is 18.6 Å². The molecule has 0 fully saturated rings. The van der Waals surface area contributed by atoms with Crippen molar-refractivity contribution in [2.24, 2.45) is 0 Å². The van der Waals surface area contributed by atoms with Crippen molar-refractivity contribution in [3.8, 4) is 5.75 Å². The van der Waals surface area contributed by atoms with Crippen molar-refractivity contribution >= 4 is 17.3 Å². The number of nitrogens with zero attached hydrogens (tertiary/aromatic N) is 1. The number of hydrogen-bond acceptors (Lipinski definition) is 3. The topological polar surface area (TPSA) is 55.6 Å². The first-order valence-corrected chi connectivity index (χ1v) is 7.21. The first kappa shape index (κ1) is 14.2. The van der Waals surface area contributed by atoms with Gasteiger partial charge in [-0.3, -0.25) is 4.79 Å². The van der Waals surface area contributed by atoms with Gasteiger partial charge in [-0.1, -0.05) is 36.4 Å². The van der Waals surface area contributed by atoms with Crippen LogP contribution in [0.15, 0.2) is 61.2 Å². The van der Waals surface area contributed by atoms with Gasteiger partial charge < -0.3 is 15.4 Å². The van der Waals surface area contributed by atoms with Gasteiger partial charge in [-0.15, -0.1) is 6.58 Å². The molecule has 2 aromatic rings. The molecule has 1 aliphatic heterocycles. The van der Waals surface area contributed by atoms with Crippen molar-refractivity contribution in [3.05, 3.63) is 66.7 Å². The first-order chi connectivity index (χ1) is 10.7. The largest absolute Gasteiger partial charge is 0.478 e. The molecule has 0 aromatic heterocycles.